The normalized spacial score (nSPS) is 10.8. The molecule has 2 N–H and O–H groups in total. The van der Waals surface area contributed by atoms with Gasteiger partial charge in [-0.25, -0.2) is 0 Å². The number of nitrogens with zero attached hydrogens (tertiary/aromatic N) is 3. The largest absolute Gasteiger partial charge is 0.493 e. The SMILES string of the molecule is COc1ccc(C=CC(=O)NCc2nnc(SCC(=O)Nc3ccc(Cl)cc3)n2C)cc1OC. The number of carbonyl (C=O) groups is 2. The lowest BCUT2D eigenvalue weighted by molar-refractivity contribution is -0.116. The highest BCUT2D eigenvalue weighted by Gasteiger charge is 2.12. The van der Waals surface area contributed by atoms with Crippen molar-refractivity contribution in [1.82, 2.24) is 20.1 Å². The Labute approximate surface area is 206 Å². The van der Waals surface area contributed by atoms with Gasteiger partial charge in [0.2, 0.25) is 11.8 Å². The summed E-state index contributed by atoms with van der Waals surface area (Å²) >= 11 is 7.10. The summed E-state index contributed by atoms with van der Waals surface area (Å²) < 4.78 is 12.2. The molecule has 3 aromatic rings. The topological polar surface area (TPSA) is 107 Å². The molecular formula is C23H24ClN5O4S. The van der Waals surface area contributed by atoms with Gasteiger partial charge in [-0.1, -0.05) is 29.4 Å². The lowest BCUT2D eigenvalue weighted by Gasteiger charge is -2.07. The second-order valence-electron chi connectivity index (χ2n) is 6.97. The van der Waals surface area contributed by atoms with Crippen molar-refractivity contribution in [2.24, 2.45) is 7.05 Å². The van der Waals surface area contributed by atoms with Crippen LogP contribution < -0.4 is 20.1 Å². The molecule has 0 fully saturated rings. The molecule has 0 atom stereocenters. The molecular weight excluding hydrogens is 478 g/mol. The van der Waals surface area contributed by atoms with E-state index in [0.29, 0.717) is 33.2 Å². The number of carbonyl (C=O) groups excluding carboxylic acids is 2. The fourth-order valence-electron chi connectivity index (χ4n) is 2.84. The number of halogens is 1. The lowest BCUT2D eigenvalue weighted by Crippen LogP contribution is -2.22. The fraction of sp³-hybridized carbons (Fsp3) is 0.217. The minimum Gasteiger partial charge on any atom is -0.493 e. The van der Waals surface area contributed by atoms with Gasteiger partial charge in [0.15, 0.2) is 22.5 Å². The van der Waals surface area contributed by atoms with Crippen LogP contribution in [0.4, 0.5) is 5.69 Å². The zero-order valence-electron chi connectivity index (χ0n) is 18.9. The van der Waals surface area contributed by atoms with Crippen LogP contribution in [-0.2, 0) is 23.2 Å². The number of hydrogen-bond donors (Lipinski definition) is 2. The number of anilines is 1. The maximum absolute atomic E-state index is 12.2. The highest BCUT2D eigenvalue weighted by molar-refractivity contribution is 7.99. The average Bonchev–Trinajstić information content (AvgIpc) is 3.20. The Kier molecular flexibility index (Phi) is 8.94. The van der Waals surface area contributed by atoms with Crippen LogP contribution in [-0.4, -0.2) is 46.6 Å². The molecule has 178 valence electrons. The van der Waals surface area contributed by atoms with Crippen molar-refractivity contribution in [1.29, 1.82) is 0 Å². The summed E-state index contributed by atoms with van der Waals surface area (Å²) in [5.41, 5.74) is 1.46. The molecule has 34 heavy (non-hydrogen) atoms. The van der Waals surface area contributed by atoms with Crippen molar-refractivity contribution in [2.45, 2.75) is 11.7 Å². The van der Waals surface area contributed by atoms with Gasteiger partial charge in [-0.05, 0) is 48.0 Å². The third-order valence-electron chi connectivity index (χ3n) is 4.64. The van der Waals surface area contributed by atoms with Gasteiger partial charge in [0, 0.05) is 23.8 Å². The van der Waals surface area contributed by atoms with Gasteiger partial charge in [0.05, 0.1) is 26.5 Å². The van der Waals surface area contributed by atoms with Crippen LogP contribution in [0.5, 0.6) is 11.5 Å². The van der Waals surface area contributed by atoms with Gasteiger partial charge in [0.1, 0.15) is 0 Å². The average molecular weight is 502 g/mol. The zero-order chi connectivity index (χ0) is 24.5. The Morgan fingerprint density at radius 1 is 1.09 bits per heavy atom. The van der Waals surface area contributed by atoms with Gasteiger partial charge < -0.3 is 24.7 Å². The number of methoxy groups -OCH3 is 2. The van der Waals surface area contributed by atoms with E-state index in [4.69, 9.17) is 21.1 Å². The van der Waals surface area contributed by atoms with Crippen molar-refractivity contribution >= 4 is 46.9 Å². The van der Waals surface area contributed by atoms with E-state index in [1.165, 1.54) is 17.8 Å². The quantitative estimate of drug-likeness (QED) is 0.323. The number of thioether (sulfide) groups is 1. The number of hydrogen-bond acceptors (Lipinski definition) is 7. The van der Waals surface area contributed by atoms with E-state index in [-0.39, 0.29) is 24.1 Å². The molecule has 0 bridgehead atoms. The van der Waals surface area contributed by atoms with Gasteiger partial charge in [-0.3, -0.25) is 9.59 Å². The predicted molar refractivity (Wildman–Crippen MR) is 132 cm³/mol. The Balaban J connectivity index is 1.49. The molecule has 0 unspecified atom stereocenters. The molecule has 0 radical (unpaired) electrons. The summed E-state index contributed by atoms with van der Waals surface area (Å²) in [4.78, 5) is 24.4. The maximum Gasteiger partial charge on any atom is 0.244 e. The summed E-state index contributed by atoms with van der Waals surface area (Å²) in [7, 11) is 4.89. The Bertz CT molecular complexity index is 1180. The molecule has 2 amide bonds. The van der Waals surface area contributed by atoms with Crippen molar-refractivity contribution < 1.29 is 19.1 Å². The summed E-state index contributed by atoms with van der Waals surface area (Å²) in [6.07, 6.45) is 3.10. The van der Waals surface area contributed by atoms with Gasteiger partial charge >= 0.3 is 0 Å². The molecule has 2 aromatic carbocycles. The van der Waals surface area contributed by atoms with E-state index in [1.54, 1.807) is 68.3 Å². The Morgan fingerprint density at radius 3 is 2.53 bits per heavy atom. The number of aromatic nitrogens is 3. The predicted octanol–water partition coefficient (Wildman–Crippen LogP) is 3.55. The molecule has 1 heterocycles. The van der Waals surface area contributed by atoms with Crippen molar-refractivity contribution in [3.63, 3.8) is 0 Å². The second-order valence-corrected chi connectivity index (χ2v) is 8.35. The molecule has 0 saturated carbocycles. The number of nitrogens with one attached hydrogen (secondary N) is 2. The van der Waals surface area contributed by atoms with Gasteiger partial charge in [-0.15, -0.1) is 10.2 Å². The fourth-order valence-corrected chi connectivity index (χ4v) is 3.69. The molecule has 0 aliphatic rings. The molecule has 0 saturated heterocycles. The summed E-state index contributed by atoms with van der Waals surface area (Å²) in [6.45, 7) is 0.191. The van der Waals surface area contributed by atoms with Gasteiger partial charge in [0.25, 0.3) is 0 Å². The van der Waals surface area contributed by atoms with Crippen LogP contribution in [0.15, 0.2) is 53.7 Å². The van der Waals surface area contributed by atoms with Crippen LogP contribution in [0, 0.1) is 0 Å². The van der Waals surface area contributed by atoms with E-state index in [0.717, 1.165) is 5.56 Å². The van der Waals surface area contributed by atoms with Crippen LogP contribution in [0.1, 0.15) is 11.4 Å². The van der Waals surface area contributed by atoms with E-state index in [9.17, 15) is 9.59 Å². The van der Waals surface area contributed by atoms with E-state index < -0.39 is 0 Å². The first-order valence-corrected chi connectivity index (χ1v) is 11.5. The number of benzene rings is 2. The Hall–Kier alpha value is -3.50. The summed E-state index contributed by atoms with van der Waals surface area (Å²) in [6, 6.07) is 12.2. The van der Waals surface area contributed by atoms with Crippen LogP contribution >= 0.6 is 23.4 Å². The first kappa shape index (κ1) is 25.1. The lowest BCUT2D eigenvalue weighted by atomic mass is 10.2. The Morgan fingerprint density at radius 2 is 1.82 bits per heavy atom. The molecule has 3 rings (SSSR count). The highest BCUT2D eigenvalue weighted by Crippen LogP contribution is 2.28. The first-order chi connectivity index (χ1) is 16.4. The third-order valence-corrected chi connectivity index (χ3v) is 5.91. The smallest absolute Gasteiger partial charge is 0.244 e. The summed E-state index contributed by atoms with van der Waals surface area (Å²) in [5.74, 6) is 1.46. The second kappa shape index (κ2) is 12.1. The molecule has 0 spiro atoms. The minimum absolute atomic E-state index is 0.162. The van der Waals surface area contributed by atoms with Crippen LogP contribution in [0.3, 0.4) is 0 Å². The zero-order valence-corrected chi connectivity index (χ0v) is 20.4. The molecule has 0 aliphatic carbocycles. The van der Waals surface area contributed by atoms with E-state index in [2.05, 4.69) is 20.8 Å². The molecule has 1 aromatic heterocycles. The van der Waals surface area contributed by atoms with Crippen LogP contribution in [0.25, 0.3) is 6.08 Å². The van der Waals surface area contributed by atoms with Crippen molar-refractivity contribution in [3.05, 3.63) is 65.0 Å². The van der Waals surface area contributed by atoms with Gasteiger partial charge in [-0.2, -0.15) is 0 Å². The van der Waals surface area contributed by atoms with E-state index in [1.807, 2.05) is 6.07 Å². The minimum atomic E-state index is -0.283. The highest BCUT2D eigenvalue weighted by atomic mass is 35.5. The van der Waals surface area contributed by atoms with Crippen LogP contribution in [0.2, 0.25) is 5.02 Å². The van der Waals surface area contributed by atoms with Crippen molar-refractivity contribution in [3.8, 4) is 11.5 Å². The van der Waals surface area contributed by atoms with Crippen molar-refractivity contribution in [2.75, 3.05) is 25.3 Å². The monoisotopic (exact) mass is 501 g/mol. The van der Waals surface area contributed by atoms with E-state index >= 15 is 0 Å². The number of rotatable bonds is 10. The molecule has 9 nitrogen and oxygen atoms in total. The number of ether oxygens (including phenoxy) is 2. The third kappa shape index (κ3) is 7.00. The standard InChI is InChI=1S/C23H24ClN5O4S/c1-29-20(13-25-21(30)11-5-15-4-10-18(32-2)19(12-15)33-3)27-28-23(29)34-14-22(31)26-17-8-6-16(24)7-9-17/h4-12H,13-14H2,1-3H3,(H,25,30)(H,26,31). The molecule has 0 aliphatic heterocycles. The number of amides is 2. The molecule has 11 heteroatoms. The maximum atomic E-state index is 12.2. The summed E-state index contributed by atoms with van der Waals surface area (Å²) in [5, 5.41) is 14.9. The first-order valence-electron chi connectivity index (χ1n) is 10.1.